The topological polar surface area (TPSA) is 12.0 Å². The molecule has 2 aromatic rings. The molecule has 1 aromatic heterocycles. The fraction of sp³-hybridized carbons (Fsp3) is 0.286. The molecule has 0 spiro atoms. The summed E-state index contributed by atoms with van der Waals surface area (Å²) in [5, 5.41) is 6.27. The summed E-state index contributed by atoms with van der Waals surface area (Å²) < 4.78 is 1.19. The van der Waals surface area contributed by atoms with Gasteiger partial charge in [-0.1, -0.05) is 17.7 Å². The van der Waals surface area contributed by atoms with Gasteiger partial charge in [-0.3, -0.25) is 0 Å². The number of aryl methyl sites for hydroxylation is 1. The van der Waals surface area contributed by atoms with E-state index in [4.69, 9.17) is 11.6 Å². The lowest BCUT2D eigenvalue weighted by Gasteiger charge is -2.17. The zero-order chi connectivity index (χ0) is 13.1. The molecule has 1 atom stereocenters. The van der Waals surface area contributed by atoms with Crippen molar-refractivity contribution in [2.45, 2.75) is 19.4 Å². The van der Waals surface area contributed by atoms with Crippen molar-refractivity contribution in [1.82, 2.24) is 5.32 Å². The minimum atomic E-state index is 0.289. The molecule has 1 aromatic carbocycles. The monoisotopic (exact) mass is 343 g/mol. The molecular weight excluding hydrogens is 330 g/mol. The van der Waals surface area contributed by atoms with Crippen LogP contribution in [0.1, 0.15) is 22.0 Å². The number of hydrogen-bond acceptors (Lipinski definition) is 2. The van der Waals surface area contributed by atoms with Crippen LogP contribution in [0, 0.1) is 6.92 Å². The molecule has 2 rings (SSSR count). The molecule has 4 heteroatoms. The Balaban J connectivity index is 2.25. The predicted molar refractivity (Wildman–Crippen MR) is 83.7 cm³/mol. The van der Waals surface area contributed by atoms with Gasteiger partial charge in [0.2, 0.25) is 0 Å². The predicted octanol–water partition coefficient (Wildman–Crippen LogP) is 4.98. The van der Waals surface area contributed by atoms with Crippen molar-refractivity contribution in [3.05, 3.63) is 55.1 Å². The quantitative estimate of drug-likeness (QED) is 0.825. The summed E-state index contributed by atoms with van der Waals surface area (Å²) >= 11 is 11.5. The van der Waals surface area contributed by atoms with E-state index < -0.39 is 0 Å². The van der Waals surface area contributed by atoms with Crippen molar-refractivity contribution in [2.24, 2.45) is 0 Å². The van der Waals surface area contributed by atoms with E-state index >= 15 is 0 Å². The Kier molecular flexibility index (Phi) is 4.84. The van der Waals surface area contributed by atoms with E-state index in [0.29, 0.717) is 0 Å². The smallest absolute Gasteiger partial charge is 0.0411 e. The third-order valence-corrected chi connectivity index (χ3v) is 5.06. The minimum Gasteiger partial charge on any atom is -0.313 e. The number of nitrogens with one attached hydrogen (secondary N) is 1. The van der Waals surface area contributed by atoms with E-state index in [0.717, 1.165) is 11.4 Å². The van der Waals surface area contributed by atoms with Gasteiger partial charge < -0.3 is 5.32 Å². The number of benzene rings is 1. The van der Waals surface area contributed by atoms with Crippen LogP contribution < -0.4 is 5.32 Å². The summed E-state index contributed by atoms with van der Waals surface area (Å²) in [6.45, 7) is 2.07. The molecule has 1 unspecified atom stereocenters. The number of likely N-dealkylation sites (N-methyl/N-ethyl adjacent to an activating group) is 1. The molecule has 0 fully saturated rings. The average Bonchev–Trinajstić information content (AvgIpc) is 2.70. The molecule has 0 aliphatic heterocycles. The van der Waals surface area contributed by atoms with Crippen LogP contribution in [0.4, 0.5) is 0 Å². The maximum absolute atomic E-state index is 6.13. The maximum Gasteiger partial charge on any atom is 0.0411 e. The highest BCUT2D eigenvalue weighted by atomic mass is 79.9. The summed E-state index contributed by atoms with van der Waals surface area (Å²) in [4.78, 5) is 1.35. The second-order valence-electron chi connectivity index (χ2n) is 4.30. The van der Waals surface area contributed by atoms with Crippen LogP contribution in [0.3, 0.4) is 0 Å². The molecule has 96 valence electrons. The number of rotatable bonds is 4. The Morgan fingerprint density at radius 1 is 1.39 bits per heavy atom. The highest BCUT2D eigenvalue weighted by Gasteiger charge is 2.13. The van der Waals surface area contributed by atoms with Gasteiger partial charge in [0.25, 0.3) is 0 Å². The Hall–Kier alpha value is -0.350. The molecule has 18 heavy (non-hydrogen) atoms. The first kappa shape index (κ1) is 14.1. The Morgan fingerprint density at radius 2 is 2.17 bits per heavy atom. The fourth-order valence-corrected chi connectivity index (χ4v) is 3.87. The third-order valence-electron chi connectivity index (χ3n) is 2.90. The number of hydrogen-bond donors (Lipinski definition) is 1. The second-order valence-corrected chi connectivity index (χ2v) is 6.59. The van der Waals surface area contributed by atoms with Gasteiger partial charge in [0.05, 0.1) is 0 Å². The largest absolute Gasteiger partial charge is 0.313 e. The first-order valence-corrected chi connectivity index (χ1v) is 7.81. The first-order valence-electron chi connectivity index (χ1n) is 5.76. The number of halogens is 2. The minimum absolute atomic E-state index is 0.289. The molecule has 1 nitrogen and oxygen atoms in total. The highest BCUT2D eigenvalue weighted by molar-refractivity contribution is 9.10. The van der Waals surface area contributed by atoms with Crippen molar-refractivity contribution < 1.29 is 0 Å². The van der Waals surface area contributed by atoms with Crippen LogP contribution in [0.2, 0.25) is 5.02 Å². The summed E-state index contributed by atoms with van der Waals surface area (Å²) in [5.41, 5.74) is 2.44. The molecular formula is C14H15BrClNS. The summed E-state index contributed by atoms with van der Waals surface area (Å²) in [6.07, 6.45) is 0.967. The second kappa shape index (κ2) is 6.20. The fourth-order valence-electron chi connectivity index (χ4n) is 2.01. The zero-order valence-electron chi connectivity index (χ0n) is 10.3. The average molecular weight is 345 g/mol. The zero-order valence-corrected chi connectivity index (χ0v) is 13.5. The normalized spacial score (nSPS) is 12.7. The summed E-state index contributed by atoms with van der Waals surface area (Å²) in [6, 6.07) is 8.60. The molecule has 0 aliphatic carbocycles. The van der Waals surface area contributed by atoms with Crippen molar-refractivity contribution in [1.29, 1.82) is 0 Å². The third kappa shape index (κ3) is 3.35. The van der Waals surface area contributed by atoms with Gasteiger partial charge in [-0.2, -0.15) is 0 Å². The lowest BCUT2D eigenvalue weighted by Crippen LogP contribution is -2.18. The van der Waals surface area contributed by atoms with Crippen LogP contribution in [0.25, 0.3) is 0 Å². The number of thiophene rings is 1. The first-order chi connectivity index (χ1) is 8.60. The molecule has 0 bridgehead atoms. The Labute approximate surface area is 125 Å². The van der Waals surface area contributed by atoms with Gasteiger partial charge >= 0.3 is 0 Å². The van der Waals surface area contributed by atoms with Crippen LogP contribution in [0.15, 0.2) is 34.1 Å². The van der Waals surface area contributed by atoms with E-state index in [9.17, 15) is 0 Å². The van der Waals surface area contributed by atoms with Crippen LogP contribution in [-0.4, -0.2) is 7.05 Å². The Morgan fingerprint density at radius 3 is 2.72 bits per heavy atom. The van der Waals surface area contributed by atoms with Crippen molar-refractivity contribution in [3.8, 4) is 0 Å². The lowest BCUT2D eigenvalue weighted by molar-refractivity contribution is 0.595. The molecule has 1 N–H and O–H groups in total. The van der Waals surface area contributed by atoms with Gasteiger partial charge in [0.1, 0.15) is 0 Å². The Bertz CT molecular complexity index is 518. The maximum atomic E-state index is 6.13. The lowest BCUT2D eigenvalue weighted by atomic mass is 10.0. The van der Waals surface area contributed by atoms with E-state index in [1.807, 2.05) is 19.2 Å². The van der Waals surface area contributed by atoms with Crippen LogP contribution in [0.5, 0.6) is 0 Å². The molecule has 0 aliphatic rings. The molecule has 0 radical (unpaired) electrons. The van der Waals surface area contributed by atoms with Crippen molar-refractivity contribution in [3.63, 3.8) is 0 Å². The van der Waals surface area contributed by atoms with Crippen LogP contribution in [-0.2, 0) is 6.42 Å². The van der Waals surface area contributed by atoms with E-state index in [-0.39, 0.29) is 6.04 Å². The van der Waals surface area contributed by atoms with Gasteiger partial charge in [-0.15, -0.1) is 11.3 Å². The van der Waals surface area contributed by atoms with Crippen molar-refractivity contribution in [2.75, 3.05) is 7.05 Å². The molecule has 0 amide bonds. The van der Waals surface area contributed by atoms with Crippen molar-refractivity contribution >= 4 is 38.9 Å². The van der Waals surface area contributed by atoms with E-state index in [1.165, 1.54) is 20.5 Å². The van der Waals surface area contributed by atoms with E-state index in [1.54, 1.807) is 11.3 Å². The van der Waals surface area contributed by atoms with Gasteiger partial charge in [0, 0.05) is 26.8 Å². The van der Waals surface area contributed by atoms with Crippen LogP contribution >= 0.6 is 38.9 Å². The molecule has 0 saturated carbocycles. The summed E-state index contributed by atoms with van der Waals surface area (Å²) in [7, 11) is 1.99. The molecule has 1 heterocycles. The van der Waals surface area contributed by atoms with Gasteiger partial charge in [0.15, 0.2) is 0 Å². The molecule has 0 saturated heterocycles. The standard InChI is InChI=1S/C14H15BrClNS/c1-9-5-10(7-11(16)6-9)13(17-2)8-14-12(15)3-4-18-14/h3-7,13,17H,8H2,1-2H3. The van der Waals surface area contributed by atoms with E-state index in [2.05, 4.69) is 45.7 Å². The van der Waals surface area contributed by atoms with Gasteiger partial charge in [-0.05, 0) is 64.6 Å². The SMILES string of the molecule is CNC(Cc1sccc1Br)c1cc(C)cc(Cl)c1. The summed E-state index contributed by atoms with van der Waals surface area (Å²) in [5.74, 6) is 0. The van der Waals surface area contributed by atoms with Gasteiger partial charge in [-0.25, -0.2) is 0 Å². The highest BCUT2D eigenvalue weighted by Crippen LogP contribution is 2.29.